The Kier molecular flexibility index (Phi) is 7.11. The Bertz CT molecular complexity index is 815. The minimum absolute atomic E-state index is 0.105. The van der Waals surface area contributed by atoms with Crippen molar-refractivity contribution in [2.75, 3.05) is 23.9 Å². The number of hydrogen-bond donors (Lipinski definition) is 1. The van der Waals surface area contributed by atoms with Gasteiger partial charge in [0, 0.05) is 31.3 Å². The molecule has 0 bridgehead atoms. The number of nitrogens with zero attached hydrogens (tertiary/aromatic N) is 1. The van der Waals surface area contributed by atoms with E-state index in [0.29, 0.717) is 17.8 Å². The van der Waals surface area contributed by atoms with Crippen LogP contribution in [0.4, 0.5) is 11.4 Å². The number of anilines is 2. The first-order valence-corrected chi connectivity index (χ1v) is 8.80. The second-order valence-corrected chi connectivity index (χ2v) is 6.02. The fourth-order valence-corrected chi connectivity index (χ4v) is 2.76. The quantitative estimate of drug-likeness (QED) is 0.760. The minimum Gasteiger partial charge on any atom is -0.465 e. The highest BCUT2D eigenvalue weighted by atomic mass is 16.5. The molecule has 2 aromatic rings. The molecule has 0 saturated heterocycles. The predicted octanol–water partition coefficient (Wildman–Crippen LogP) is 3.42. The molecule has 0 atom stereocenters. The lowest BCUT2D eigenvalue weighted by Gasteiger charge is -2.23. The van der Waals surface area contributed by atoms with Crippen molar-refractivity contribution < 1.29 is 19.1 Å². The van der Waals surface area contributed by atoms with Gasteiger partial charge in [-0.25, -0.2) is 4.79 Å². The molecule has 142 valence electrons. The number of carbonyl (C=O) groups excluding carboxylic acids is 3. The minimum atomic E-state index is -0.431. The molecule has 0 spiro atoms. The summed E-state index contributed by atoms with van der Waals surface area (Å²) in [6.45, 7) is 3.82. The van der Waals surface area contributed by atoms with Crippen molar-refractivity contribution in [1.29, 1.82) is 0 Å². The van der Waals surface area contributed by atoms with Crippen LogP contribution in [0.1, 0.15) is 36.2 Å². The van der Waals surface area contributed by atoms with E-state index in [1.165, 1.54) is 14.0 Å². The molecule has 0 aromatic heterocycles. The zero-order valence-corrected chi connectivity index (χ0v) is 15.8. The summed E-state index contributed by atoms with van der Waals surface area (Å²) in [4.78, 5) is 37.4. The van der Waals surface area contributed by atoms with Crippen LogP contribution in [0, 0.1) is 0 Å². The molecule has 2 amide bonds. The van der Waals surface area contributed by atoms with Gasteiger partial charge in [-0.3, -0.25) is 9.59 Å². The van der Waals surface area contributed by atoms with Gasteiger partial charge in [0.15, 0.2) is 0 Å². The molecule has 6 heteroatoms. The molecule has 0 aliphatic carbocycles. The average molecular weight is 368 g/mol. The summed E-state index contributed by atoms with van der Waals surface area (Å²) in [5.41, 5.74) is 2.89. The van der Waals surface area contributed by atoms with E-state index in [2.05, 4.69) is 10.1 Å². The lowest BCUT2D eigenvalue weighted by atomic mass is 10.1. The van der Waals surface area contributed by atoms with E-state index >= 15 is 0 Å². The van der Waals surface area contributed by atoms with Gasteiger partial charge in [0.05, 0.1) is 12.7 Å². The number of amides is 2. The maximum absolute atomic E-state index is 12.3. The molecule has 2 rings (SSSR count). The van der Waals surface area contributed by atoms with Crippen LogP contribution in [-0.4, -0.2) is 31.4 Å². The van der Waals surface area contributed by atoms with E-state index in [4.69, 9.17) is 0 Å². The number of benzene rings is 2. The van der Waals surface area contributed by atoms with Crippen LogP contribution in [0.3, 0.4) is 0 Å². The van der Waals surface area contributed by atoms with Crippen LogP contribution >= 0.6 is 0 Å². The second-order valence-electron chi connectivity index (χ2n) is 6.02. The molecule has 6 nitrogen and oxygen atoms in total. The number of para-hydroxylation sites is 1. The summed E-state index contributed by atoms with van der Waals surface area (Å²) in [5, 5.41) is 2.77. The Morgan fingerprint density at radius 1 is 1.04 bits per heavy atom. The standard InChI is InChI=1S/C21H24N2O4/c1-4-16-7-5-6-8-19(16)23(15(2)24)14-13-20(25)22-18-11-9-17(10-12-18)21(26)27-3/h5-12H,4,13-14H2,1-3H3,(H,22,25). The molecule has 0 heterocycles. The van der Waals surface area contributed by atoms with Gasteiger partial charge in [-0.2, -0.15) is 0 Å². The zero-order valence-electron chi connectivity index (χ0n) is 15.8. The lowest BCUT2D eigenvalue weighted by Crippen LogP contribution is -2.32. The Hall–Kier alpha value is -3.15. The first kappa shape index (κ1) is 20.2. The van der Waals surface area contributed by atoms with Gasteiger partial charge in [0.25, 0.3) is 0 Å². The fraction of sp³-hybridized carbons (Fsp3) is 0.286. The molecule has 0 aliphatic heterocycles. The highest BCUT2D eigenvalue weighted by Gasteiger charge is 2.16. The van der Waals surface area contributed by atoms with Crippen molar-refractivity contribution in [2.45, 2.75) is 26.7 Å². The van der Waals surface area contributed by atoms with Crippen LogP contribution in [-0.2, 0) is 20.7 Å². The Morgan fingerprint density at radius 2 is 1.70 bits per heavy atom. The maximum atomic E-state index is 12.3. The molecular formula is C21H24N2O4. The smallest absolute Gasteiger partial charge is 0.337 e. The van der Waals surface area contributed by atoms with E-state index in [9.17, 15) is 14.4 Å². The third kappa shape index (κ3) is 5.41. The summed E-state index contributed by atoms with van der Waals surface area (Å²) < 4.78 is 4.64. The van der Waals surface area contributed by atoms with Crippen LogP contribution in [0.15, 0.2) is 48.5 Å². The predicted molar refractivity (Wildman–Crippen MR) is 105 cm³/mol. The van der Waals surface area contributed by atoms with Crippen molar-refractivity contribution >= 4 is 29.2 Å². The third-order valence-corrected chi connectivity index (χ3v) is 4.20. The van der Waals surface area contributed by atoms with Crippen LogP contribution in [0.2, 0.25) is 0 Å². The summed E-state index contributed by atoms with van der Waals surface area (Å²) in [5.74, 6) is -0.744. The Labute approximate surface area is 159 Å². The van der Waals surface area contributed by atoms with E-state index in [1.807, 2.05) is 31.2 Å². The van der Waals surface area contributed by atoms with Crippen LogP contribution < -0.4 is 10.2 Å². The van der Waals surface area contributed by atoms with Gasteiger partial charge in [0.2, 0.25) is 11.8 Å². The summed E-state index contributed by atoms with van der Waals surface area (Å²) in [7, 11) is 1.31. The van der Waals surface area contributed by atoms with Crippen molar-refractivity contribution in [1.82, 2.24) is 0 Å². The van der Waals surface area contributed by atoms with Gasteiger partial charge < -0.3 is 15.0 Å². The number of nitrogens with one attached hydrogen (secondary N) is 1. The van der Waals surface area contributed by atoms with Crippen molar-refractivity contribution in [3.8, 4) is 0 Å². The van der Waals surface area contributed by atoms with Gasteiger partial charge >= 0.3 is 5.97 Å². The third-order valence-electron chi connectivity index (χ3n) is 4.20. The fourth-order valence-electron chi connectivity index (χ4n) is 2.76. The van der Waals surface area contributed by atoms with E-state index in [0.717, 1.165) is 17.7 Å². The normalized spacial score (nSPS) is 10.2. The number of carbonyl (C=O) groups is 3. The second kappa shape index (κ2) is 9.52. The van der Waals surface area contributed by atoms with Crippen molar-refractivity contribution in [2.24, 2.45) is 0 Å². The number of aryl methyl sites for hydroxylation is 1. The van der Waals surface area contributed by atoms with E-state index in [-0.39, 0.29) is 18.2 Å². The highest BCUT2D eigenvalue weighted by molar-refractivity contribution is 5.96. The molecule has 2 aromatic carbocycles. The molecule has 0 radical (unpaired) electrons. The topological polar surface area (TPSA) is 75.7 Å². The Balaban J connectivity index is 2.00. The first-order chi connectivity index (χ1) is 13.0. The molecular weight excluding hydrogens is 344 g/mol. The highest BCUT2D eigenvalue weighted by Crippen LogP contribution is 2.21. The number of methoxy groups -OCH3 is 1. The summed E-state index contributed by atoms with van der Waals surface area (Å²) in [6, 6.07) is 14.1. The summed E-state index contributed by atoms with van der Waals surface area (Å²) >= 11 is 0. The molecule has 1 N–H and O–H groups in total. The van der Waals surface area contributed by atoms with Crippen LogP contribution in [0.25, 0.3) is 0 Å². The Morgan fingerprint density at radius 3 is 2.30 bits per heavy atom. The number of ether oxygens (including phenoxy) is 1. The first-order valence-electron chi connectivity index (χ1n) is 8.80. The molecule has 0 aliphatic rings. The van der Waals surface area contributed by atoms with E-state index in [1.54, 1.807) is 29.2 Å². The van der Waals surface area contributed by atoms with Crippen molar-refractivity contribution in [3.63, 3.8) is 0 Å². The number of hydrogen-bond acceptors (Lipinski definition) is 4. The van der Waals surface area contributed by atoms with Crippen molar-refractivity contribution in [3.05, 3.63) is 59.7 Å². The molecule has 0 fully saturated rings. The van der Waals surface area contributed by atoms with Gasteiger partial charge in [0.1, 0.15) is 0 Å². The largest absolute Gasteiger partial charge is 0.465 e. The molecule has 0 unspecified atom stereocenters. The molecule has 0 saturated carbocycles. The van der Waals surface area contributed by atoms with E-state index < -0.39 is 5.97 Å². The molecule has 27 heavy (non-hydrogen) atoms. The monoisotopic (exact) mass is 368 g/mol. The summed E-state index contributed by atoms with van der Waals surface area (Å²) in [6.07, 6.45) is 0.967. The zero-order chi connectivity index (χ0) is 19.8. The van der Waals surface area contributed by atoms with Gasteiger partial charge in [-0.15, -0.1) is 0 Å². The number of rotatable bonds is 7. The van der Waals surface area contributed by atoms with Gasteiger partial charge in [-0.1, -0.05) is 25.1 Å². The number of esters is 1. The van der Waals surface area contributed by atoms with Gasteiger partial charge in [-0.05, 0) is 42.3 Å². The SMILES string of the molecule is CCc1ccccc1N(CCC(=O)Nc1ccc(C(=O)OC)cc1)C(C)=O. The lowest BCUT2D eigenvalue weighted by molar-refractivity contribution is -0.117. The average Bonchev–Trinajstić information content (AvgIpc) is 2.68. The van der Waals surface area contributed by atoms with Crippen LogP contribution in [0.5, 0.6) is 0 Å². The maximum Gasteiger partial charge on any atom is 0.337 e.